The van der Waals surface area contributed by atoms with E-state index in [1.54, 1.807) is 30.5 Å². The number of nitrogens with zero attached hydrogens (tertiary/aromatic N) is 3. The largest absolute Gasteiger partial charge is 0.292 e. The number of sulfonamides is 1. The number of carbonyl (C=O) groups is 1. The number of benzene rings is 3. The summed E-state index contributed by atoms with van der Waals surface area (Å²) in [5.41, 5.74) is 4.52. The minimum atomic E-state index is -3.51. The third-order valence-electron chi connectivity index (χ3n) is 5.57. The Morgan fingerprint density at radius 2 is 1.66 bits per heavy atom. The number of fused-ring (bicyclic) bond motifs is 1. The van der Waals surface area contributed by atoms with Crippen LogP contribution < -0.4 is 5.43 Å². The van der Waals surface area contributed by atoms with Crippen LogP contribution in [0.3, 0.4) is 0 Å². The highest BCUT2D eigenvalue weighted by molar-refractivity contribution is 7.89. The van der Waals surface area contributed by atoms with Gasteiger partial charge in [0, 0.05) is 31.7 Å². The zero-order valence-corrected chi connectivity index (χ0v) is 18.8. The molecule has 3 aromatic carbocycles. The summed E-state index contributed by atoms with van der Waals surface area (Å²) in [5, 5.41) is 6.28. The normalized spacial score (nSPS) is 15.9. The van der Waals surface area contributed by atoms with Crippen molar-refractivity contribution >= 4 is 32.9 Å². The molecule has 4 rings (SSSR count). The maximum Gasteiger partial charge on any atom is 0.254 e. The molecule has 166 valence electrons. The number of aryl methyl sites for hydroxylation is 1. The molecule has 0 aromatic heterocycles. The Labute approximate surface area is 188 Å². The van der Waals surface area contributed by atoms with Crippen molar-refractivity contribution in [2.75, 3.05) is 32.7 Å². The van der Waals surface area contributed by atoms with E-state index in [0.717, 1.165) is 21.9 Å². The van der Waals surface area contributed by atoms with Gasteiger partial charge in [-0.15, -0.1) is 0 Å². The number of carbonyl (C=O) groups excluding carboxylic acids is 1. The van der Waals surface area contributed by atoms with E-state index in [-0.39, 0.29) is 12.5 Å². The Balaban J connectivity index is 1.29. The van der Waals surface area contributed by atoms with Gasteiger partial charge in [-0.05, 0) is 29.8 Å². The lowest BCUT2D eigenvalue weighted by Gasteiger charge is -2.33. The Bertz CT molecular complexity index is 1230. The van der Waals surface area contributed by atoms with Gasteiger partial charge in [-0.25, -0.2) is 13.8 Å². The van der Waals surface area contributed by atoms with Crippen molar-refractivity contribution in [3.05, 3.63) is 77.9 Å². The van der Waals surface area contributed by atoms with Gasteiger partial charge >= 0.3 is 0 Å². The molecule has 3 aromatic rings. The molecule has 0 saturated carbocycles. The van der Waals surface area contributed by atoms with Gasteiger partial charge in [-0.2, -0.15) is 9.41 Å². The highest BCUT2D eigenvalue weighted by Crippen LogP contribution is 2.18. The first-order valence-electron chi connectivity index (χ1n) is 10.5. The lowest BCUT2D eigenvalue weighted by Crippen LogP contribution is -2.50. The fourth-order valence-corrected chi connectivity index (χ4v) is 5.18. The van der Waals surface area contributed by atoms with Crippen LogP contribution in [0.2, 0.25) is 0 Å². The standard InChI is InChI=1S/C24H26N4O3S/c1-19-9-11-22(12-10-19)32(30,31)28-15-13-27(14-16-28)18-24(29)26-25-17-21-7-4-6-20-5-2-3-8-23(20)21/h2-12,17H,13-16,18H2,1H3,(H,26,29)/b25-17-. The van der Waals surface area contributed by atoms with Gasteiger partial charge < -0.3 is 0 Å². The van der Waals surface area contributed by atoms with Crippen molar-refractivity contribution in [3.8, 4) is 0 Å². The first kappa shape index (κ1) is 22.1. The molecule has 1 N–H and O–H groups in total. The van der Waals surface area contributed by atoms with E-state index < -0.39 is 10.0 Å². The van der Waals surface area contributed by atoms with Crippen LogP contribution in [0.5, 0.6) is 0 Å². The van der Waals surface area contributed by atoms with Gasteiger partial charge in [0.2, 0.25) is 10.0 Å². The molecule has 1 heterocycles. The van der Waals surface area contributed by atoms with Gasteiger partial charge in [0.05, 0.1) is 17.7 Å². The summed E-state index contributed by atoms with van der Waals surface area (Å²) >= 11 is 0. The van der Waals surface area contributed by atoms with Crippen molar-refractivity contribution in [3.63, 3.8) is 0 Å². The summed E-state index contributed by atoms with van der Waals surface area (Å²) in [6.45, 7) is 3.78. The summed E-state index contributed by atoms with van der Waals surface area (Å²) in [6, 6.07) is 20.8. The number of piperazine rings is 1. The number of rotatable bonds is 6. The number of hydrogen-bond acceptors (Lipinski definition) is 5. The maximum absolute atomic E-state index is 12.8. The SMILES string of the molecule is Cc1ccc(S(=O)(=O)N2CCN(CC(=O)N/N=C\c3cccc4ccccc34)CC2)cc1. The predicted molar refractivity (Wildman–Crippen MR) is 126 cm³/mol. The third kappa shape index (κ3) is 5.04. The second-order valence-electron chi connectivity index (χ2n) is 7.85. The van der Waals surface area contributed by atoms with Crippen LogP contribution in [0.1, 0.15) is 11.1 Å². The Morgan fingerprint density at radius 1 is 0.969 bits per heavy atom. The average Bonchev–Trinajstić information content (AvgIpc) is 2.80. The minimum absolute atomic E-state index is 0.172. The fraction of sp³-hybridized carbons (Fsp3) is 0.250. The van der Waals surface area contributed by atoms with Crippen molar-refractivity contribution in [1.82, 2.24) is 14.6 Å². The zero-order chi connectivity index (χ0) is 22.6. The van der Waals surface area contributed by atoms with Crippen LogP contribution >= 0.6 is 0 Å². The van der Waals surface area contributed by atoms with Crippen LogP contribution in [-0.2, 0) is 14.8 Å². The van der Waals surface area contributed by atoms with Crippen LogP contribution in [0.4, 0.5) is 0 Å². The molecule has 1 saturated heterocycles. The molecular formula is C24H26N4O3S. The van der Waals surface area contributed by atoms with E-state index in [2.05, 4.69) is 10.5 Å². The van der Waals surface area contributed by atoms with Gasteiger partial charge in [-0.1, -0.05) is 60.2 Å². The Hall–Kier alpha value is -3.07. The molecule has 0 unspecified atom stereocenters. The second-order valence-corrected chi connectivity index (χ2v) is 9.79. The third-order valence-corrected chi connectivity index (χ3v) is 7.49. The predicted octanol–water partition coefficient (Wildman–Crippen LogP) is 2.60. The van der Waals surface area contributed by atoms with Crippen LogP contribution in [-0.4, -0.2) is 62.5 Å². The molecule has 0 bridgehead atoms. The van der Waals surface area contributed by atoms with E-state index in [4.69, 9.17) is 0 Å². The van der Waals surface area contributed by atoms with Crippen molar-refractivity contribution in [2.24, 2.45) is 5.10 Å². The Morgan fingerprint density at radius 3 is 2.41 bits per heavy atom. The van der Waals surface area contributed by atoms with Crippen molar-refractivity contribution in [2.45, 2.75) is 11.8 Å². The molecule has 0 atom stereocenters. The minimum Gasteiger partial charge on any atom is -0.292 e. The Kier molecular flexibility index (Phi) is 6.64. The smallest absolute Gasteiger partial charge is 0.254 e. The first-order valence-corrected chi connectivity index (χ1v) is 12.0. The molecule has 8 heteroatoms. The number of hydrogen-bond donors (Lipinski definition) is 1. The van der Waals surface area contributed by atoms with Crippen LogP contribution in [0, 0.1) is 6.92 Å². The fourth-order valence-electron chi connectivity index (χ4n) is 3.76. The molecule has 0 spiro atoms. The quantitative estimate of drug-likeness (QED) is 0.462. The van der Waals surface area contributed by atoms with Gasteiger partial charge in [0.25, 0.3) is 5.91 Å². The van der Waals surface area contributed by atoms with E-state index in [9.17, 15) is 13.2 Å². The van der Waals surface area contributed by atoms with Gasteiger partial charge in [0.15, 0.2) is 0 Å². The van der Waals surface area contributed by atoms with Crippen molar-refractivity contribution < 1.29 is 13.2 Å². The topological polar surface area (TPSA) is 82.1 Å². The molecule has 1 aliphatic rings. The molecule has 1 fully saturated rings. The average molecular weight is 451 g/mol. The molecule has 1 amide bonds. The second kappa shape index (κ2) is 9.60. The highest BCUT2D eigenvalue weighted by Gasteiger charge is 2.28. The lowest BCUT2D eigenvalue weighted by atomic mass is 10.1. The summed E-state index contributed by atoms with van der Waals surface area (Å²) in [4.78, 5) is 14.5. The molecule has 0 radical (unpaired) electrons. The van der Waals surface area contributed by atoms with E-state index in [1.165, 1.54) is 4.31 Å². The monoisotopic (exact) mass is 450 g/mol. The molecule has 7 nitrogen and oxygen atoms in total. The number of nitrogens with one attached hydrogen (secondary N) is 1. The van der Waals surface area contributed by atoms with Gasteiger partial charge in [-0.3, -0.25) is 9.69 Å². The van der Waals surface area contributed by atoms with E-state index in [1.807, 2.05) is 54.3 Å². The summed E-state index contributed by atoms with van der Waals surface area (Å²) in [7, 11) is -3.51. The molecule has 1 aliphatic heterocycles. The summed E-state index contributed by atoms with van der Waals surface area (Å²) < 4.78 is 27.1. The summed E-state index contributed by atoms with van der Waals surface area (Å²) in [5.74, 6) is -0.226. The van der Waals surface area contributed by atoms with Crippen LogP contribution in [0.15, 0.2) is 76.7 Å². The van der Waals surface area contributed by atoms with E-state index >= 15 is 0 Å². The number of amides is 1. The number of hydrazone groups is 1. The van der Waals surface area contributed by atoms with Gasteiger partial charge in [0.1, 0.15) is 0 Å². The van der Waals surface area contributed by atoms with E-state index in [0.29, 0.717) is 31.1 Å². The molecule has 0 aliphatic carbocycles. The first-order chi connectivity index (χ1) is 15.4. The highest BCUT2D eigenvalue weighted by atomic mass is 32.2. The zero-order valence-electron chi connectivity index (χ0n) is 17.9. The summed E-state index contributed by atoms with van der Waals surface area (Å²) in [6.07, 6.45) is 1.65. The van der Waals surface area contributed by atoms with Crippen LogP contribution in [0.25, 0.3) is 10.8 Å². The lowest BCUT2D eigenvalue weighted by molar-refractivity contribution is -0.122. The maximum atomic E-state index is 12.8. The molecule has 32 heavy (non-hydrogen) atoms. The molecular weight excluding hydrogens is 424 g/mol. The van der Waals surface area contributed by atoms with Crippen molar-refractivity contribution in [1.29, 1.82) is 0 Å².